The van der Waals surface area contributed by atoms with E-state index in [-0.39, 0.29) is 24.0 Å². The summed E-state index contributed by atoms with van der Waals surface area (Å²) in [5, 5.41) is 0. The molecule has 4 nitrogen and oxygen atoms in total. The highest BCUT2D eigenvalue weighted by atomic mass is 16.5. The molecule has 0 aliphatic carbocycles. The molecule has 1 fully saturated rings. The number of morpholine rings is 1. The van der Waals surface area contributed by atoms with Crippen LogP contribution >= 0.6 is 0 Å². The molecule has 88 valence electrons. The van der Waals surface area contributed by atoms with Crippen molar-refractivity contribution in [1.29, 1.82) is 0 Å². The van der Waals surface area contributed by atoms with Crippen LogP contribution in [0.1, 0.15) is 33.6 Å². The van der Waals surface area contributed by atoms with Crippen LogP contribution in [0.2, 0.25) is 0 Å². The fourth-order valence-electron chi connectivity index (χ4n) is 2.06. The third kappa shape index (κ3) is 2.92. The van der Waals surface area contributed by atoms with Gasteiger partial charge in [0.1, 0.15) is 0 Å². The molecule has 0 radical (unpaired) electrons. The molecule has 1 aliphatic rings. The third-order valence-corrected chi connectivity index (χ3v) is 2.84. The minimum absolute atomic E-state index is 0.0696. The summed E-state index contributed by atoms with van der Waals surface area (Å²) in [5.41, 5.74) is 5.85. The molecule has 4 heteroatoms. The standard InChI is InChI=1S/C11H22N2O2/c1-4-5-10(12)11(14)13-8(2)6-15-7-9(13)3/h8-10H,4-7,12H2,1-3H3. The highest BCUT2D eigenvalue weighted by Crippen LogP contribution is 2.15. The first-order valence-corrected chi connectivity index (χ1v) is 5.73. The summed E-state index contributed by atoms with van der Waals surface area (Å²) in [6.45, 7) is 7.29. The molecule has 1 aliphatic heterocycles. The van der Waals surface area contributed by atoms with Crippen LogP contribution in [0.15, 0.2) is 0 Å². The molecule has 0 spiro atoms. The highest BCUT2D eigenvalue weighted by molar-refractivity contribution is 5.82. The highest BCUT2D eigenvalue weighted by Gasteiger charge is 2.31. The van der Waals surface area contributed by atoms with Gasteiger partial charge in [0.2, 0.25) is 5.91 Å². The average molecular weight is 214 g/mol. The zero-order valence-corrected chi connectivity index (χ0v) is 9.90. The van der Waals surface area contributed by atoms with Gasteiger partial charge in [0.25, 0.3) is 0 Å². The number of hydrogen-bond donors (Lipinski definition) is 1. The summed E-state index contributed by atoms with van der Waals surface area (Å²) < 4.78 is 5.38. The van der Waals surface area contributed by atoms with Crippen LogP contribution < -0.4 is 5.73 Å². The molecule has 1 heterocycles. The van der Waals surface area contributed by atoms with Crippen molar-refractivity contribution in [2.45, 2.75) is 51.7 Å². The zero-order chi connectivity index (χ0) is 11.4. The number of amides is 1. The lowest BCUT2D eigenvalue weighted by Gasteiger charge is -2.40. The second kappa shape index (κ2) is 5.47. The normalized spacial score (nSPS) is 28.9. The van der Waals surface area contributed by atoms with E-state index in [4.69, 9.17) is 10.5 Å². The maximum Gasteiger partial charge on any atom is 0.240 e. The summed E-state index contributed by atoms with van der Waals surface area (Å²) >= 11 is 0. The van der Waals surface area contributed by atoms with Crippen LogP contribution in [0.5, 0.6) is 0 Å². The zero-order valence-electron chi connectivity index (χ0n) is 9.90. The van der Waals surface area contributed by atoms with Gasteiger partial charge in [0.05, 0.1) is 31.3 Å². The maximum atomic E-state index is 12.1. The van der Waals surface area contributed by atoms with Gasteiger partial charge in [0.15, 0.2) is 0 Å². The van der Waals surface area contributed by atoms with Crippen molar-refractivity contribution in [1.82, 2.24) is 4.90 Å². The van der Waals surface area contributed by atoms with E-state index in [1.54, 1.807) is 0 Å². The van der Waals surface area contributed by atoms with Crippen LogP contribution in [-0.4, -0.2) is 42.1 Å². The summed E-state index contributed by atoms with van der Waals surface area (Å²) in [4.78, 5) is 13.9. The Morgan fingerprint density at radius 3 is 2.47 bits per heavy atom. The van der Waals surface area contributed by atoms with E-state index in [2.05, 4.69) is 0 Å². The topological polar surface area (TPSA) is 55.6 Å². The fraction of sp³-hybridized carbons (Fsp3) is 0.909. The van der Waals surface area contributed by atoms with Gasteiger partial charge in [-0.3, -0.25) is 4.79 Å². The predicted molar refractivity (Wildman–Crippen MR) is 59.5 cm³/mol. The van der Waals surface area contributed by atoms with Crippen LogP contribution in [0.4, 0.5) is 0 Å². The van der Waals surface area contributed by atoms with E-state index in [0.717, 1.165) is 12.8 Å². The lowest BCUT2D eigenvalue weighted by Crippen LogP contribution is -2.57. The Kier molecular flexibility index (Phi) is 4.54. The molecule has 1 amide bonds. The van der Waals surface area contributed by atoms with Crippen molar-refractivity contribution in [2.24, 2.45) is 5.73 Å². The Bertz CT molecular complexity index is 211. The molecule has 0 saturated carbocycles. The molecule has 1 saturated heterocycles. The van der Waals surface area contributed by atoms with Crippen LogP contribution in [0.25, 0.3) is 0 Å². The number of carbonyl (C=O) groups excluding carboxylic acids is 1. The number of nitrogens with zero attached hydrogens (tertiary/aromatic N) is 1. The number of nitrogens with two attached hydrogens (primary N) is 1. The third-order valence-electron chi connectivity index (χ3n) is 2.84. The summed E-state index contributed by atoms with van der Waals surface area (Å²) in [6, 6.07) is -0.0636. The van der Waals surface area contributed by atoms with Crippen LogP contribution in [0, 0.1) is 0 Å². The number of rotatable bonds is 3. The Hall–Kier alpha value is -0.610. The van der Waals surface area contributed by atoms with E-state index in [1.807, 2.05) is 25.7 Å². The smallest absolute Gasteiger partial charge is 0.240 e. The van der Waals surface area contributed by atoms with Crippen molar-refractivity contribution in [2.75, 3.05) is 13.2 Å². The van der Waals surface area contributed by atoms with Gasteiger partial charge < -0.3 is 15.4 Å². The summed E-state index contributed by atoms with van der Waals surface area (Å²) in [5.74, 6) is 0.0696. The Balaban J connectivity index is 2.62. The van der Waals surface area contributed by atoms with Crippen molar-refractivity contribution in [3.63, 3.8) is 0 Å². The molecule has 1 rings (SSSR count). The van der Waals surface area contributed by atoms with Crippen molar-refractivity contribution < 1.29 is 9.53 Å². The van der Waals surface area contributed by atoms with Gasteiger partial charge in [-0.2, -0.15) is 0 Å². The molecule has 0 bridgehead atoms. The van der Waals surface area contributed by atoms with Gasteiger partial charge in [0, 0.05) is 0 Å². The maximum absolute atomic E-state index is 12.1. The van der Waals surface area contributed by atoms with Gasteiger partial charge in [-0.15, -0.1) is 0 Å². The van der Waals surface area contributed by atoms with Crippen molar-refractivity contribution in [3.05, 3.63) is 0 Å². The minimum Gasteiger partial charge on any atom is -0.377 e. The first kappa shape index (κ1) is 12.5. The number of hydrogen-bond acceptors (Lipinski definition) is 3. The lowest BCUT2D eigenvalue weighted by atomic mass is 10.1. The summed E-state index contributed by atoms with van der Waals surface area (Å²) in [7, 11) is 0. The van der Waals surface area contributed by atoms with Crippen molar-refractivity contribution in [3.8, 4) is 0 Å². The predicted octanol–water partition coefficient (Wildman–Crippen LogP) is 0.750. The fourth-order valence-corrected chi connectivity index (χ4v) is 2.06. The molecule has 0 aromatic heterocycles. The van der Waals surface area contributed by atoms with Crippen LogP contribution in [-0.2, 0) is 9.53 Å². The molecule has 3 unspecified atom stereocenters. The Labute approximate surface area is 91.8 Å². The monoisotopic (exact) mass is 214 g/mol. The van der Waals surface area contributed by atoms with E-state index < -0.39 is 0 Å². The first-order valence-electron chi connectivity index (χ1n) is 5.73. The first-order chi connectivity index (χ1) is 7.07. The molecule has 2 N–H and O–H groups in total. The molecule has 15 heavy (non-hydrogen) atoms. The van der Waals surface area contributed by atoms with Crippen molar-refractivity contribution >= 4 is 5.91 Å². The van der Waals surface area contributed by atoms with Crippen LogP contribution in [0.3, 0.4) is 0 Å². The molecule has 3 atom stereocenters. The lowest BCUT2D eigenvalue weighted by molar-refractivity contribution is -0.145. The number of ether oxygens (including phenoxy) is 1. The summed E-state index contributed by atoms with van der Waals surface area (Å²) in [6.07, 6.45) is 1.70. The van der Waals surface area contributed by atoms with E-state index in [1.165, 1.54) is 0 Å². The second-order valence-electron chi connectivity index (χ2n) is 4.38. The van der Waals surface area contributed by atoms with Gasteiger partial charge >= 0.3 is 0 Å². The quantitative estimate of drug-likeness (QED) is 0.754. The molecular weight excluding hydrogens is 192 g/mol. The van der Waals surface area contributed by atoms with Gasteiger partial charge in [-0.25, -0.2) is 0 Å². The Morgan fingerprint density at radius 1 is 1.47 bits per heavy atom. The SMILES string of the molecule is CCCC(N)C(=O)N1C(C)COCC1C. The van der Waals surface area contributed by atoms with Gasteiger partial charge in [-0.05, 0) is 20.3 Å². The average Bonchev–Trinajstić information content (AvgIpc) is 2.17. The minimum atomic E-state index is -0.349. The van der Waals surface area contributed by atoms with E-state index in [0.29, 0.717) is 13.2 Å². The molecular formula is C11H22N2O2. The number of carbonyl (C=O) groups is 1. The second-order valence-corrected chi connectivity index (χ2v) is 4.38. The van der Waals surface area contributed by atoms with E-state index in [9.17, 15) is 4.79 Å². The van der Waals surface area contributed by atoms with E-state index >= 15 is 0 Å². The molecule has 0 aromatic rings. The molecule has 0 aromatic carbocycles. The largest absolute Gasteiger partial charge is 0.377 e. The van der Waals surface area contributed by atoms with Gasteiger partial charge in [-0.1, -0.05) is 13.3 Å². The Morgan fingerprint density at radius 2 is 2.00 bits per heavy atom.